The maximum absolute atomic E-state index is 5.70. The van der Waals surface area contributed by atoms with Gasteiger partial charge in [-0.2, -0.15) is 0 Å². The van der Waals surface area contributed by atoms with Crippen molar-refractivity contribution in [2.24, 2.45) is 0 Å². The van der Waals surface area contributed by atoms with Crippen molar-refractivity contribution in [3.05, 3.63) is 17.9 Å². The van der Waals surface area contributed by atoms with Crippen LogP contribution in [0.4, 0.5) is 5.69 Å². The summed E-state index contributed by atoms with van der Waals surface area (Å²) in [5.74, 6) is 0. The van der Waals surface area contributed by atoms with E-state index >= 15 is 0 Å². The van der Waals surface area contributed by atoms with Gasteiger partial charge in [-0.05, 0) is 47.8 Å². The minimum Gasteiger partial charge on any atom is -0.398 e. The van der Waals surface area contributed by atoms with E-state index in [2.05, 4.69) is 63.7 Å². The molecular formula is C6H2BBr4N. The molecule has 2 radical (unpaired) electrons. The molecular weight excluding hydrogens is 417 g/mol. The third-order valence-corrected chi connectivity index (χ3v) is 6.17. The van der Waals surface area contributed by atoms with Crippen LogP contribution in [0.2, 0.25) is 0 Å². The summed E-state index contributed by atoms with van der Waals surface area (Å²) in [7, 11) is 5.70. The van der Waals surface area contributed by atoms with E-state index in [0.29, 0.717) is 11.2 Å². The Hall–Kier alpha value is 1.00. The normalized spacial score (nSPS) is 10.3. The first-order chi connectivity index (χ1) is 5.46. The molecule has 12 heavy (non-hydrogen) atoms. The molecule has 0 amide bonds. The molecule has 0 bridgehead atoms. The van der Waals surface area contributed by atoms with Crippen LogP contribution < -0.4 is 11.2 Å². The molecule has 6 heteroatoms. The Morgan fingerprint density at radius 1 is 0.833 bits per heavy atom. The van der Waals surface area contributed by atoms with Gasteiger partial charge in [0.05, 0.1) is 4.47 Å². The van der Waals surface area contributed by atoms with Crippen molar-refractivity contribution >= 4 is 82.7 Å². The smallest absolute Gasteiger partial charge is 0.118 e. The fourth-order valence-electron chi connectivity index (χ4n) is 0.666. The Morgan fingerprint density at radius 2 is 1.25 bits per heavy atom. The Balaban J connectivity index is 3.60. The molecule has 0 saturated heterocycles. The van der Waals surface area contributed by atoms with Gasteiger partial charge in [0.1, 0.15) is 7.85 Å². The van der Waals surface area contributed by atoms with E-state index < -0.39 is 0 Å². The van der Waals surface area contributed by atoms with Gasteiger partial charge in [-0.3, -0.25) is 0 Å². The lowest BCUT2D eigenvalue weighted by Gasteiger charge is -2.10. The SMILES string of the molecule is [B]c1c(N)c(Br)c(Br)c(Br)c1Br. The van der Waals surface area contributed by atoms with Crippen LogP contribution in [0.25, 0.3) is 0 Å². The molecule has 0 fully saturated rings. The van der Waals surface area contributed by atoms with Crippen molar-refractivity contribution in [2.45, 2.75) is 0 Å². The van der Waals surface area contributed by atoms with Gasteiger partial charge in [0.25, 0.3) is 0 Å². The van der Waals surface area contributed by atoms with E-state index in [4.69, 9.17) is 13.6 Å². The maximum Gasteiger partial charge on any atom is 0.118 e. The van der Waals surface area contributed by atoms with E-state index in [1.165, 1.54) is 0 Å². The quantitative estimate of drug-likeness (QED) is 0.298. The van der Waals surface area contributed by atoms with Crippen molar-refractivity contribution in [3.63, 3.8) is 0 Å². The van der Waals surface area contributed by atoms with E-state index in [1.807, 2.05) is 0 Å². The van der Waals surface area contributed by atoms with Gasteiger partial charge in [-0.25, -0.2) is 0 Å². The highest BCUT2D eigenvalue weighted by Gasteiger charge is 2.13. The Morgan fingerprint density at radius 3 is 1.75 bits per heavy atom. The molecule has 0 aromatic heterocycles. The second-order valence-corrected chi connectivity index (χ2v) is 5.26. The largest absolute Gasteiger partial charge is 0.398 e. The van der Waals surface area contributed by atoms with Crippen LogP contribution in [0, 0.1) is 0 Å². The summed E-state index contributed by atoms with van der Waals surface area (Å²) in [6.07, 6.45) is 0. The van der Waals surface area contributed by atoms with Crippen LogP contribution in [0.15, 0.2) is 17.9 Å². The highest BCUT2D eigenvalue weighted by molar-refractivity contribution is 9.15. The van der Waals surface area contributed by atoms with Gasteiger partial charge < -0.3 is 5.73 Å². The maximum atomic E-state index is 5.70. The number of rotatable bonds is 0. The molecule has 0 atom stereocenters. The molecule has 1 nitrogen and oxygen atoms in total. The third-order valence-electron chi connectivity index (χ3n) is 1.34. The van der Waals surface area contributed by atoms with Gasteiger partial charge in [0.15, 0.2) is 0 Å². The monoisotopic (exact) mass is 415 g/mol. The fourth-order valence-corrected chi connectivity index (χ4v) is 2.85. The van der Waals surface area contributed by atoms with Crippen molar-refractivity contribution in [3.8, 4) is 0 Å². The van der Waals surface area contributed by atoms with Gasteiger partial charge in [-0.1, -0.05) is 21.4 Å². The molecule has 0 aliphatic carbocycles. The van der Waals surface area contributed by atoms with E-state index in [1.54, 1.807) is 0 Å². The Kier molecular flexibility index (Phi) is 3.72. The van der Waals surface area contributed by atoms with Gasteiger partial charge in [0, 0.05) is 19.1 Å². The van der Waals surface area contributed by atoms with E-state index in [-0.39, 0.29) is 0 Å². The average Bonchev–Trinajstić information content (AvgIpc) is 2.08. The van der Waals surface area contributed by atoms with E-state index in [0.717, 1.165) is 17.9 Å². The minimum absolute atomic E-state index is 0.525. The van der Waals surface area contributed by atoms with Crippen molar-refractivity contribution in [1.82, 2.24) is 0 Å². The zero-order valence-corrected chi connectivity index (χ0v) is 12.0. The second kappa shape index (κ2) is 4.03. The zero-order chi connectivity index (χ0) is 9.46. The summed E-state index contributed by atoms with van der Waals surface area (Å²) in [5.41, 5.74) is 6.75. The van der Waals surface area contributed by atoms with Gasteiger partial charge in [-0.15, -0.1) is 0 Å². The van der Waals surface area contributed by atoms with Crippen molar-refractivity contribution in [1.29, 1.82) is 0 Å². The minimum atomic E-state index is 0.525. The van der Waals surface area contributed by atoms with Crippen LogP contribution in [0.5, 0.6) is 0 Å². The summed E-state index contributed by atoms with van der Waals surface area (Å²) in [6.45, 7) is 0. The molecule has 0 unspecified atom stereocenters. The Labute approximate surface area is 105 Å². The predicted molar refractivity (Wildman–Crippen MR) is 67.0 cm³/mol. The molecule has 2 N–H and O–H groups in total. The third kappa shape index (κ3) is 1.76. The predicted octanol–water partition coefficient (Wildman–Crippen LogP) is 3.11. The molecule has 0 heterocycles. The lowest BCUT2D eigenvalue weighted by molar-refractivity contribution is 1.53. The van der Waals surface area contributed by atoms with Crippen LogP contribution >= 0.6 is 63.7 Å². The molecule has 0 aliphatic rings. The first-order valence-electron chi connectivity index (χ1n) is 2.83. The standard InChI is InChI=1S/C6H2BBr4N/c7-1-2(8)3(9)4(10)5(11)6(1)12/h12H2. The van der Waals surface area contributed by atoms with Crippen LogP contribution in [0.1, 0.15) is 0 Å². The highest BCUT2D eigenvalue weighted by atomic mass is 79.9. The summed E-state index contributed by atoms with van der Waals surface area (Å²) >= 11 is 13.3. The molecule has 62 valence electrons. The van der Waals surface area contributed by atoms with E-state index in [9.17, 15) is 0 Å². The molecule has 0 aliphatic heterocycles. The molecule has 1 aromatic rings. The molecule has 0 saturated carbocycles. The number of nitrogen functional groups attached to an aromatic ring is 1. The molecule has 1 rings (SSSR count). The van der Waals surface area contributed by atoms with Crippen LogP contribution in [-0.2, 0) is 0 Å². The first-order valence-corrected chi connectivity index (χ1v) is 6.01. The summed E-state index contributed by atoms with van der Waals surface area (Å²) in [6, 6.07) is 0. The number of hydrogen-bond acceptors (Lipinski definition) is 1. The van der Waals surface area contributed by atoms with Crippen molar-refractivity contribution in [2.75, 3.05) is 5.73 Å². The number of hydrogen-bond donors (Lipinski definition) is 1. The number of anilines is 1. The number of benzene rings is 1. The zero-order valence-electron chi connectivity index (χ0n) is 5.67. The summed E-state index contributed by atoms with van der Waals surface area (Å²) in [5, 5.41) is 0. The summed E-state index contributed by atoms with van der Waals surface area (Å²) in [4.78, 5) is 0. The lowest BCUT2D eigenvalue weighted by atomic mass is 9.94. The van der Waals surface area contributed by atoms with Crippen molar-refractivity contribution < 1.29 is 0 Å². The number of nitrogens with two attached hydrogens (primary N) is 1. The lowest BCUT2D eigenvalue weighted by Crippen LogP contribution is -2.13. The first kappa shape index (κ1) is 11.1. The Bertz CT molecular complexity index is 234. The molecule has 0 spiro atoms. The summed E-state index contributed by atoms with van der Waals surface area (Å²) < 4.78 is 3.22. The topological polar surface area (TPSA) is 26.0 Å². The van der Waals surface area contributed by atoms with Gasteiger partial charge in [0.2, 0.25) is 0 Å². The van der Waals surface area contributed by atoms with Crippen LogP contribution in [0.3, 0.4) is 0 Å². The van der Waals surface area contributed by atoms with Gasteiger partial charge >= 0.3 is 0 Å². The fraction of sp³-hybridized carbons (Fsp3) is 0. The average molecular weight is 419 g/mol. The number of halogens is 4. The highest BCUT2D eigenvalue weighted by Crippen LogP contribution is 2.38. The molecule has 1 aromatic carbocycles. The van der Waals surface area contributed by atoms with Crippen LogP contribution in [-0.4, -0.2) is 7.85 Å². The second-order valence-electron chi connectivity index (χ2n) is 2.08.